The molecule has 8 heteroatoms. The van der Waals surface area contributed by atoms with Crippen LogP contribution in [0.15, 0.2) is 121 Å². The number of carbonyl (C=O) groups excluding carboxylic acids is 1. The predicted octanol–water partition coefficient (Wildman–Crippen LogP) is 7.54. The van der Waals surface area contributed by atoms with Gasteiger partial charge in [0.1, 0.15) is 6.10 Å². The number of ether oxygens (including phenoxy) is 2. The van der Waals surface area contributed by atoms with Gasteiger partial charge in [-0.3, -0.25) is 4.79 Å². The largest absolute Gasteiger partial charge is 0.460 e. The van der Waals surface area contributed by atoms with Gasteiger partial charge in [0.2, 0.25) is 0 Å². The summed E-state index contributed by atoms with van der Waals surface area (Å²) < 4.78 is 26.5. The van der Waals surface area contributed by atoms with Crippen molar-refractivity contribution in [2.24, 2.45) is 0 Å². The first-order valence-corrected chi connectivity index (χ1v) is 23.6. The van der Waals surface area contributed by atoms with E-state index in [1.165, 1.54) is 27.7 Å². The molecule has 0 bridgehead atoms. The van der Waals surface area contributed by atoms with Gasteiger partial charge < -0.3 is 23.4 Å². The van der Waals surface area contributed by atoms with Gasteiger partial charge in [0.25, 0.3) is 16.6 Å². The quantitative estimate of drug-likeness (QED) is 0.0681. The zero-order valence-electron chi connectivity index (χ0n) is 33.5. The summed E-state index contributed by atoms with van der Waals surface area (Å²) in [6.07, 6.45) is 2.46. The van der Waals surface area contributed by atoms with Gasteiger partial charge in [-0.2, -0.15) is 0 Å². The Morgan fingerprint density at radius 1 is 0.630 bits per heavy atom. The van der Waals surface area contributed by atoms with Gasteiger partial charge in [-0.25, -0.2) is 0 Å². The molecule has 4 aromatic rings. The van der Waals surface area contributed by atoms with Crippen LogP contribution in [-0.4, -0.2) is 65.3 Å². The van der Waals surface area contributed by atoms with Gasteiger partial charge in [-0.05, 0) is 69.3 Å². The summed E-state index contributed by atoms with van der Waals surface area (Å²) in [5, 5.41) is 16.1. The lowest BCUT2D eigenvalue weighted by Crippen LogP contribution is -2.66. The zero-order chi connectivity index (χ0) is 38.8. The van der Waals surface area contributed by atoms with Crippen LogP contribution in [0.25, 0.3) is 0 Å². The Morgan fingerprint density at radius 3 is 1.33 bits per heavy atom. The van der Waals surface area contributed by atoms with Crippen molar-refractivity contribution in [3.63, 3.8) is 0 Å². The van der Waals surface area contributed by atoms with Crippen LogP contribution < -0.4 is 20.7 Å². The first kappa shape index (κ1) is 41.8. The number of benzene rings is 4. The summed E-state index contributed by atoms with van der Waals surface area (Å²) in [6, 6.07) is 42.6. The molecule has 0 aliphatic carbocycles. The molecule has 6 nitrogen and oxygen atoms in total. The summed E-state index contributed by atoms with van der Waals surface area (Å²) in [5.41, 5.74) is 0. The molecule has 4 atom stereocenters. The molecule has 1 aliphatic heterocycles. The van der Waals surface area contributed by atoms with Gasteiger partial charge in [0.05, 0.1) is 18.3 Å². The fourth-order valence-electron chi connectivity index (χ4n) is 8.52. The van der Waals surface area contributed by atoms with E-state index in [1.807, 2.05) is 0 Å². The molecule has 1 aliphatic rings. The Labute approximate surface area is 326 Å². The smallest absolute Gasteiger partial charge is 0.302 e. The lowest BCUT2D eigenvalue weighted by Gasteiger charge is -2.43. The molecule has 4 aromatic carbocycles. The summed E-state index contributed by atoms with van der Waals surface area (Å²) in [4.78, 5) is 12.3. The van der Waals surface area contributed by atoms with E-state index in [9.17, 15) is 9.90 Å². The maximum Gasteiger partial charge on any atom is 0.302 e. The summed E-state index contributed by atoms with van der Waals surface area (Å²) in [5.74, 6) is -0.319. The van der Waals surface area contributed by atoms with Gasteiger partial charge in [-0.1, -0.05) is 163 Å². The maximum atomic E-state index is 12.3. The SMILES string of the molecule is CC(=O)O[C@@H](CCCO[Si](c1ccccc1)(c1ccccc1)C(C)(C)C)[C@@H]1CC[C@H]([C@H](O)CCCO[Si](c2ccccc2)(c2ccccc2)C(C)(C)C)O1. The molecule has 54 heavy (non-hydrogen) atoms. The Morgan fingerprint density at radius 2 is 0.981 bits per heavy atom. The Kier molecular flexibility index (Phi) is 14.3. The molecule has 1 heterocycles. The average Bonchev–Trinajstić information content (AvgIpc) is 3.65. The Balaban J connectivity index is 1.20. The zero-order valence-corrected chi connectivity index (χ0v) is 35.5. The second-order valence-electron chi connectivity index (χ2n) is 16.8. The molecule has 1 saturated heterocycles. The molecule has 0 unspecified atom stereocenters. The van der Waals surface area contributed by atoms with E-state index in [0.29, 0.717) is 32.5 Å². The van der Waals surface area contributed by atoms with Crippen molar-refractivity contribution >= 4 is 43.4 Å². The number of rotatable bonds is 17. The van der Waals surface area contributed by atoms with Crippen molar-refractivity contribution < 1.29 is 28.2 Å². The third-order valence-corrected chi connectivity index (χ3v) is 21.1. The highest BCUT2D eigenvalue weighted by Gasteiger charge is 2.51. The first-order valence-electron chi connectivity index (χ1n) is 19.8. The van der Waals surface area contributed by atoms with E-state index >= 15 is 0 Å². The monoisotopic (exact) mass is 766 g/mol. The van der Waals surface area contributed by atoms with Crippen LogP contribution in [0.1, 0.15) is 87.0 Å². The summed E-state index contributed by atoms with van der Waals surface area (Å²) in [7, 11) is -5.31. The predicted molar refractivity (Wildman–Crippen MR) is 225 cm³/mol. The lowest BCUT2D eigenvalue weighted by molar-refractivity contribution is -0.157. The number of esters is 1. The van der Waals surface area contributed by atoms with E-state index in [4.69, 9.17) is 18.3 Å². The summed E-state index contributed by atoms with van der Waals surface area (Å²) in [6.45, 7) is 16.2. The number of aliphatic hydroxyl groups excluding tert-OH is 1. The van der Waals surface area contributed by atoms with E-state index in [1.54, 1.807) is 0 Å². The van der Waals surface area contributed by atoms with Crippen molar-refractivity contribution in [1.29, 1.82) is 0 Å². The molecule has 5 rings (SSSR count). The minimum atomic E-state index is -2.67. The van der Waals surface area contributed by atoms with Gasteiger partial charge in [-0.15, -0.1) is 0 Å². The van der Waals surface area contributed by atoms with Crippen molar-refractivity contribution in [1.82, 2.24) is 0 Å². The minimum absolute atomic E-state index is 0.105. The highest BCUT2D eigenvalue weighted by Crippen LogP contribution is 2.38. The standard InChI is InChI=1S/C46H62O6Si2/c1-36(47)51-43(31-21-35-50-54(46(5,6)7,39-26-16-10-17-27-39)40-28-18-11-19-29-40)44-33-32-42(52-44)41(48)30-20-34-49-53(45(2,3)4,37-22-12-8-13-23-37)38-24-14-9-15-25-38/h8-19,22-29,41-44,48H,20-21,30-35H2,1-7H3/t41-,42-,43+,44+/m1/s1. The van der Waals surface area contributed by atoms with E-state index in [0.717, 1.165) is 19.3 Å². The average molecular weight is 767 g/mol. The van der Waals surface area contributed by atoms with Crippen molar-refractivity contribution in [2.75, 3.05) is 13.2 Å². The van der Waals surface area contributed by atoms with Crippen molar-refractivity contribution in [3.8, 4) is 0 Å². The van der Waals surface area contributed by atoms with Crippen molar-refractivity contribution in [2.45, 2.75) is 121 Å². The van der Waals surface area contributed by atoms with Crippen LogP contribution in [0.3, 0.4) is 0 Å². The Hall–Kier alpha value is -3.38. The topological polar surface area (TPSA) is 74.2 Å². The minimum Gasteiger partial charge on any atom is -0.460 e. The normalized spacial score (nSPS) is 17.9. The number of aliphatic hydroxyl groups is 1. The first-order chi connectivity index (χ1) is 25.8. The van der Waals surface area contributed by atoms with E-state index < -0.39 is 28.8 Å². The molecular formula is C46H62O6Si2. The number of hydrogen-bond donors (Lipinski definition) is 1. The van der Waals surface area contributed by atoms with Crippen LogP contribution >= 0.6 is 0 Å². The Bertz CT molecular complexity index is 1630. The molecule has 290 valence electrons. The second-order valence-corrected chi connectivity index (χ2v) is 25.4. The highest BCUT2D eigenvalue weighted by atomic mass is 28.4. The van der Waals surface area contributed by atoms with Crippen molar-refractivity contribution in [3.05, 3.63) is 121 Å². The number of hydrogen-bond acceptors (Lipinski definition) is 6. The van der Waals surface area contributed by atoms with Crippen LogP contribution in [0.5, 0.6) is 0 Å². The van der Waals surface area contributed by atoms with E-state index in [-0.39, 0.29) is 28.3 Å². The van der Waals surface area contributed by atoms with Gasteiger partial charge in [0.15, 0.2) is 0 Å². The molecule has 0 amide bonds. The fourth-order valence-corrected chi connectivity index (χ4v) is 17.7. The molecule has 0 radical (unpaired) electrons. The van der Waals surface area contributed by atoms with Gasteiger partial charge in [0, 0.05) is 20.1 Å². The highest BCUT2D eigenvalue weighted by molar-refractivity contribution is 7.00. The third kappa shape index (κ3) is 9.52. The molecule has 0 aromatic heterocycles. The van der Waals surface area contributed by atoms with Crippen LogP contribution in [0.2, 0.25) is 10.1 Å². The van der Waals surface area contributed by atoms with Crippen LogP contribution in [0.4, 0.5) is 0 Å². The summed E-state index contributed by atoms with van der Waals surface area (Å²) >= 11 is 0. The maximum absolute atomic E-state index is 12.3. The second kappa shape index (κ2) is 18.5. The lowest BCUT2D eigenvalue weighted by atomic mass is 10.0. The number of carbonyl (C=O) groups is 1. The molecule has 1 fully saturated rings. The van der Waals surface area contributed by atoms with Gasteiger partial charge >= 0.3 is 5.97 Å². The molecule has 0 saturated carbocycles. The van der Waals surface area contributed by atoms with Crippen LogP contribution in [0, 0.1) is 0 Å². The fraction of sp³-hybridized carbons (Fsp3) is 0.457. The van der Waals surface area contributed by atoms with E-state index in [2.05, 4.69) is 163 Å². The molecular weight excluding hydrogens is 705 g/mol. The van der Waals surface area contributed by atoms with Crippen LogP contribution in [-0.2, 0) is 23.1 Å². The third-order valence-electron chi connectivity index (χ3n) is 11.0. The molecule has 1 N–H and O–H groups in total. The molecule has 0 spiro atoms.